The molecule has 1 atom stereocenters. The van der Waals surface area contributed by atoms with Crippen molar-refractivity contribution < 1.29 is 9.53 Å². The van der Waals surface area contributed by atoms with Gasteiger partial charge in [0.15, 0.2) is 0 Å². The molecule has 1 fully saturated rings. The highest BCUT2D eigenvalue weighted by Gasteiger charge is 2.21. The van der Waals surface area contributed by atoms with E-state index in [1.165, 1.54) is 16.9 Å². The molecule has 0 bridgehead atoms. The predicted molar refractivity (Wildman–Crippen MR) is 141 cm³/mol. The number of hydrogen-bond acceptors (Lipinski definition) is 6. The summed E-state index contributed by atoms with van der Waals surface area (Å²) < 4.78 is 8.17. The highest BCUT2D eigenvalue weighted by molar-refractivity contribution is 7.16. The van der Waals surface area contributed by atoms with Gasteiger partial charge in [0.05, 0.1) is 11.0 Å². The molecule has 35 heavy (non-hydrogen) atoms. The molecule has 2 aromatic heterocycles. The highest BCUT2D eigenvalue weighted by Crippen LogP contribution is 2.37. The molecule has 0 radical (unpaired) electrons. The molecule has 2 N–H and O–H groups in total. The van der Waals surface area contributed by atoms with Crippen molar-refractivity contribution in [1.82, 2.24) is 19.4 Å². The molecule has 0 saturated carbocycles. The lowest BCUT2D eigenvalue weighted by Crippen LogP contribution is -2.43. The van der Waals surface area contributed by atoms with Crippen LogP contribution in [0.4, 0.5) is 0 Å². The van der Waals surface area contributed by atoms with Gasteiger partial charge in [-0.2, -0.15) is 0 Å². The number of imidazole rings is 1. The van der Waals surface area contributed by atoms with Crippen LogP contribution < -0.4 is 10.5 Å². The summed E-state index contributed by atoms with van der Waals surface area (Å²) in [5, 5.41) is 1.43. The van der Waals surface area contributed by atoms with Crippen LogP contribution in [0.3, 0.4) is 0 Å². The van der Waals surface area contributed by atoms with E-state index in [9.17, 15) is 4.79 Å². The van der Waals surface area contributed by atoms with Crippen LogP contribution in [0.25, 0.3) is 16.0 Å². The van der Waals surface area contributed by atoms with Gasteiger partial charge in [-0.05, 0) is 37.7 Å². The Morgan fingerprint density at radius 2 is 1.94 bits per heavy atom. The van der Waals surface area contributed by atoms with Crippen LogP contribution in [0.1, 0.15) is 33.8 Å². The van der Waals surface area contributed by atoms with Gasteiger partial charge in [0, 0.05) is 49.4 Å². The van der Waals surface area contributed by atoms with Crippen LogP contribution >= 0.6 is 22.9 Å². The van der Waals surface area contributed by atoms with Gasteiger partial charge in [-0.1, -0.05) is 35.9 Å². The van der Waals surface area contributed by atoms with Crippen LogP contribution in [-0.2, 0) is 6.54 Å². The van der Waals surface area contributed by atoms with E-state index >= 15 is 0 Å². The van der Waals surface area contributed by atoms with E-state index in [1.54, 1.807) is 6.33 Å². The maximum absolute atomic E-state index is 12.2. The fourth-order valence-corrected chi connectivity index (χ4v) is 5.61. The normalized spacial score (nSPS) is 16.0. The average molecular weight is 510 g/mol. The van der Waals surface area contributed by atoms with Gasteiger partial charge in [-0.3, -0.25) is 14.3 Å². The zero-order valence-electron chi connectivity index (χ0n) is 19.8. The monoisotopic (exact) mass is 509 g/mol. The van der Waals surface area contributed by atoms with E-state index in [1.807, 2.05) is 41.8 Å². The lowest BCUT2D eigenvalue weighted by atomic mass is 10.1. The Hall–Kier alpha value is -2.91. The Morgan fingerprint density at radius 1 is 1.17 bits per heavy atom. The van der Waals surface area contributed by atoms with Crippen molar-refractivity contribution in [1.29, 1.82) is 0 Å². The van der Waals surface area contributed by atoms with Crippen LogP contribution in [0, 0.1) is 0 Å². The van der Waals surface area contributed by atoms with E-state index in [0.29, 0.717) is 15.6 Å². The lowest BCUT2D eigenvalue weighted by molar-refractivity contribution is 0.0998. The third-order valence-corrected chi connectivity index (χ3v) is 7.88. The molecule has 4 aromatic rings. The summed E-state index contributed by atoms with van der Waals surface area (Å²) in [6.45, 7) is 7.09. The zero-order valence-corrected chi connectivity index (χ0v) is 21.4. The van der Waals surface area contributed by atoms with Gasteiger partial charge in [0.25, 0.3) is 5.91 Å². The number of halogens is 1. The molecular formula is C26H28ClN5O2S. The summed E-state index contributed by atoms with van der Waals surface area (Å²) in [5.41, 5.74) is 9.67. The van der Waals surface area contributed by atoms with E-state index < -0.39 is 5.91 Å². The van der Waals surface area contributed by atoms with E-state index in [2.05, 4.69) is 40.0 Å². The fraction of sp³-hybridized carbons (Fsp3) is 0.308. The number of carbonyl (C=O) groups excluding carboxylic acids is 1. The van der Waals surface area contributed by atoms with Gasteiger partial charge in [-0.25, -0.2) is 4.98 Å². The summed E-state index contributed by atoms with van der Waals surface area (Å²) in [4.78, 5) is 22.0. The molecule has 0 unspecified atom stereocenters. The molecule has 2 aromatic carbocycles. The molecule has 7 nitrogen and oxygen atoms in total. The quantitative estimate of drug-likeness (QED) is 0.390. The third kappa shape index (κ3) is 5.06. The number of thiophene rings is 1. The Labute approximate surface area is 213 Å². The average Bonchev–Trinajstić information content (AvgIpc) is 3.44. The molecule has 1 aliphatic rings. The van der Waals surface area contributed by atoms with Crippen LogP contribution in [0.5, 0.6) is 5.75 Å². The van der Waals surface area contributed by atoms with Crippen LogP contribution in [0.2, 0.25) is 5.02 Å². The van der Waals surface area contributed by atoms with Crippen molar-refractivity contribution in [2.24, 2.45) is 5.73 Å². The summed E-state index contributed by atoms with van der Waals surface area (Å²) in [6, 6.07) is 15.7. The number of benzene rings is 2. The van der Waals surface area contributed by atoms with Crippen LogP contribution in [-0.4, -0.2) is 58.5 Å². The van der Waals surface area contributed by atoms with E-state index in [0.717, 1.165) is 54.3 Å². The smallest absolute Gasteiger partial charge is 0.262 e. The number of aromatic nitrogens is 2. The van der Waals surface area contributed by atoms with Crippen molar-refractivity contribution >= 4 is 39.9 Å². The first kappa shape index (κ1) is 23.8. The Kier molecular flexibility index (Phi) is 6.80. The minimum Gasteiger partial charge on any atom is -0.484 e. The first-order valence-corrected chi connectivity index (χ1v) is 12.8. The first-order valence-electron chi connectivity index (χ1n) is 11.6. The van der Waals surface area contributed by atoms with E-state index in [-0.39, 0.29) is 6.10 Å². The van der Waals surface area contributed by atoms with Gasteiger partial charge in [-0.15, -0.1) is 11.3 Å². The summed E-state index contributed by atoms with van der Waals surface area (Å²) in [5.74, 6) is -0.0804. The highest BCUT2D eigenvalue weighted by atomic mass is 35.5. The molecule has 182 valence electrons. The Morgan fingerprint density at radius 3 is 2.69 bits per heavy atom. The molecule has 1 amide bonds. The second kappa shape index (κ2) is 9.99. The Bertz CT molecular complexity index is 1360. The maximum Gasteiger partial charge on any atom is 0.262 e. The molecule has 9 heteroatoms. The largest absolute Gasteiger partial charge is 0.484 e. The predicted octanol–water partition coefficient (Wildman–Crippen LogP) is 4.73. The number of nitrogens with zero attached hydrogens (tertiary/aromatic N) is 4. The lowest BCUT2D eigenvalue weighted by Gasteiger charge is -2.32. The van der Waals surface area contributed by atoms with Gasteiger partial charge in [0.2, 0.25) is 0 Å². The molecule has 0 spiro atoms. The number of nitrogens with two attached hydrogens (primary N) is 1. The molecule has 5 rings (SSSR count). The zero-order chi connectivity index (χ0) is 24.5. The SMILES string of the molecule is C[C@H](Oc1cc(-n2cnc3ccc(CN4CCN(C)CC4)cc32)sc1C(N)=O)c1ccccc1Cl. The topological polar surface area (TPSA) is 76.6 Å². The molecular weight excluding hydrogens is 482 g/mol. The van der Waals surface area contributed by atoms with Crippen LogP contribution in [0.15, 0.2) is 54.9 Å². The van der Waals surface area contributed by atoms with Gasteiger partial charge < -0.3 is 15.4 Å². The number of ether oxygens (including phenoxy) is 1. The van der Waals surface area contributed by atoms with E-state index in [4.69, 9.17) is 22.1 Å². The number of primary amides is 1. The molecule has 1 aliphatic heterocycles. The molecule has 1 saturated heterocycles. The number of likely N-dealkylation sites (N-methyl/N-ethyl adjacent to an activating group) is 1. The number of hydrogen-bond donors (Lipinski definition) is 1. The summed E-state index contributed by atoms with van der Waals surface area (Å²) in [7, 11) is 2.16. The standard InChI is InChI=1S/C26H28ClN5O2S/c1-17(19-5-3-4-6-20(19)27)34-23-14-24(35-25(23)26(28)33)32-16-29-21-8-7-18(13-22(21)32)15-31-11-9-30(2)10-12-31/h3-8,13-14,16-17H,9-12,15H2,1-2H3,(H2,28,33)/t17-/m0/s1. The fourth-order valence-electron chi connectivity index (χ4n) is 4.39. The van der Waals surface area contributed by atoms with Gasteiger partial charge >= 0.3 is 0 Å². The van der Waals surface area contributed by atoms with Crippen molar-refractivity contribution in [2.45, 2.75) is 19.6 Å². The third-order valence-electron chi connectivity index (χ3n) is 6.41. The number of amides is 1. The molecule has 0 aliphatic carbocycles. The van der Waals surface area contributed by atoms with Crippen molar-refractivity contribution in [3.8, 4) is 10.8 Å². The van der Waals surface area contributed by atoms with Crippen molar-refractivity contribution in [2.75, 3.05) is 33.2 Å². The minimum atomic E-state index is -0.525. The Balaban J connectivity index is 1.44. The molecule has 3 heterocycles. The maximum atomic E-state index is 12.2. The minimum absolute atomic E-state index is 0.348. The van der Waals surface area contributed by atoms with Gasteiger partial charge in [0.1, 0.15) is 28.1 Å². The summed E-state index contributed by atoms with van der Waals surface area (Å²) >= 11 is 7.64. The van der Waals surface area contributed by atoms with Crippen molar-refractivity contribution in [3.63, 3.8) is 0 Å². The number of rotatable bonds is 7. The van der Waals surface area contributed by atoms with Crippen molar-refractivity contribution in [3.05, 3.63) is 75.9 Å². The number of carbonyl (C=O) groups is 1. The second-order valence-electron chi connectivity index (χ2n) is 8.94. The summed E-state index contributed by atoms with van der Waals surface area (Å²) in [6.07, 6.45) is 1.43. The number of fused-ring (bicyclic) bond motifs is 1. The first-order chi connectivity index (χ1) is 16.9. The second-order valence-corrected chi connectivity index (χ2v) is 10.4. The number of piperazine rings is 1.